The van der Waals surface area contributed by atoms with E-state index < -0.39 is 0 Å². The Morgan fingerprint density at radius 3 is 2.29 bits per heavy atom. The second kappa shape index (κ2) is 3.95. The molecule has 3 nitrogen and oxygen atoms in total. The predicted octanol–water partition coefficient (Wildman–Crippen LogP) is 2.69. The predicted molar refractivity (Wildman–Crippen MR) is 64.3 cm³/mol. The number of hydrogen-bond acceptors (Lipinski definition) is 2. The van der Waals surface area contributed by atoms with Crippen molar-refractivity contribution in [3.8, 4) is 11.8 Å². The number of nitrogen functional groups attached to an aromatic ring is 1. The van der Waals surface area contributed by atoms with Gasteiger partial charge < -0.3 is 5.73 Å². The molecule has 0 amide bonds. The first-order chi connectivity index (χ1) is 8.06. The lowest BCUT2D eigenvalue weighted by Crippen LogP contribution is -2.02. The lowest BCUT2D eigenvalue weighted by atomic mass is 10.2. The van der Waals surface area contributed by atoms with Crippen molar-refractivity contribution in [2.75, 3.05) is 5.73 Å². The number of hydrogen-bond donors (Lipinski definition) is 1. The summed E-state index contributed by atoms with van der Waals surface area (Å²) in [6.07, 6.45) is 0. The summed E-state index contributed by atoms with van der Waals surface area (Å²) in [7, 11) is 0. The minimum absolute atomic E-state index is 0.297. The Kier molecular flexibility index (Phi) is 2.60. The van der Waals surface area contributed by atoms with Crippen molar-refractivity contribution in [1.29, 1.82) is 5.26 Å². The van der Waals surface area contributed by atoms with Gasteiger partial charge >= 0.3 is 0 Å². The molecule has 17 heavy (non-hydrogen) atoms. The smallest absolute Gasteiger partial charge is 0.126 e. The molecular formula is C13H12FN3. The summed E-state index contributed by atoms with van der Waals surface area (Å²) in [6.45, 7) is 3.74. The van der Waals surface area contributed by atoms with E-state index in [1.54, 1.807) is 16.7 Å². The highest BCUT2D eigenvalue weighted by Crippen LogP contribution is 2.27. The fraction of sp³-hybridized carbons (Fsp3) is 0.154. The van der Waals surface area contributed by atoms with Crippen molar-refractivity contribution in [1.82, 2.24) is 4.57 Å². The number of nitriles is 1. The Labute approximate surface area is 98.9 Å². The van der Waals surface area contributed by atoms with Gasteiger partial charge in [0.2, 0.25) is 0 Å². The summed E-state index contributed by atoms with van der Waals surface area (Å²) in [4.78, 5) is 0. The number of rotatable bonds is 1. The molecule has 0 aliphatic rings. The van der Waals surface area contributed by atoms with E-state index in [1.165, 1.54) is 12.1 Å². The van der Waals surface area contributed by atoms with Gasteiger partial charge in [-0.2, -0.15) is 5.26 Å². The number of nitrogens with zero attached hydrogens (tertiary/aromatic N) is 2. The zero-order valence-electron chi connectivity index (χ0n) is 9.66. The van der Waals surface area contributed by atoms with Crippen molar-refractivity contribution >= 4 is 5.82 Å². The van der Waals surface area contributed by atoms with Crippen LogP contribution in [0.25, 0.3) is 5.69 Å². The van der Waals surface area contributed by atoms with E-state index in [0.29, 0.717) is 11.4 Å². The molecule has 0 spiro atoms. The summed E-state index contributed by atoms with van der Waals surface area (Å²) in [5.41, 5.74) is 8.92. The number of aromatic nitrogens is 1. The SMILES string of the molecule is Cc1c(C#N)c(N)n(-c2ccc(F)cc2)c1C. The van der Waals surface area contributed by atoms with E-state index in [4.69, 9.17) is 11.0 Å². The quantitative estimate of drug-likeness (QED) is 0.817. The molecule has 0 unspecified atom stereocenters. The number of halogens is 1. The first-order valence-electron chi connectivity index (χ1n) is 5.19. The highest BCUT2D eigenvalue weighted by Gasteiger charge is 2.15. The van der Waals surface area contributed by atoms with Gasteiger partial charge in [-0.1, -0.05) is 0 Å². The molecule has 1 aromatic heterocycles. The van der Waals surface area contributed by atoms with Crippen LogP contribution in [-0.4, -0.2) is 4.57 Å². The van der Waals surface area contributed by atoms with Crippen molar-refractivity contribution < 1.29 is 4.39 Å². The Hall–Kier alpha value is -2.28. The topological polar surface area (TPSA) is 54.7 Å². The molecular weight excluding hydrogens is 217 g/mol. The van der Waals surface area contributed by atoms with Crippen LogP contribution in [0.1, 0.15) is 16.8 Å². The molecule has 0 fully saturated rings. The second-order valence-electron chi connectivity index (χ2n) is 3.89. The van der Waals surface area contributed by atoms with Gasteiger partial charge in [0.05, 0.1) is 5.56 Å². The Bertz CT molecular complexity index is 603. The third-order valence-corrected chi connectivity index (χ3v) is 2.95. The molecule has 2 aromatic rings. The van der Waals surface area contributed by atoms with Gasteiger partial charge in [-0.25, -0.2) is 4.39 Å². The molecule has 2 N–H and O–H groups in total. The van der Waals surface area contributed by atoms with Crippen molar-refractivity contribution in [2.24, 2.45) is 0 Å². The van der Waals surface area contributed by atoms with Crippen LogP contribution in [0, 0.1) is 31.0 Å². The summed E-state index contributed by atoms with van der Waals surface area (Å²) in [5, 5.41) is 9.02. The van der Waals surface area contributed by atoms with Crippen molar-refractivity contribution in [3.63, 3.8) is 0 Å². The van der Waals surface area contributed by atoms with Gasteiger partial charge in [-0.3, -0.25) is 4.57 Å². The van der Waals surface area contributed by atoms with Crippen molar-refractivity contribution in [3.05, 3.63) is 46.9 Å². The molecule has 86 valence electrons. The molecule has 0 saturated heterocycles. The minimum Gasteiger partial charge on any atom is -0.384 e. The average molecular weight is 229 g/mol. The highest BCUT2D eigenvalue weighted by atomic mass is 19.1. The summed E-state index contributed by atoms with van der Waals surface area (Å²) >= 11 is 0. The zero-order valence-corrected chi connectivity index (χ0v) is 9.66. The van der Waals surface area contributed by atoms with E-state index in [0.717, 1.165) is 16.9 Å². The van der Waals surface area contributed by atoms with Gasteiger partial charge in [0.1, 0.15) is 17.7 Å². The fourth-order valence-electron chi connectivity index (χ4n) is 1.90. The molecule has 1 aromatic carbocycles. The normalized spacial score (nSPS) is 10.2. The van der Waals surface area contributed by atoms with Gasteiger partial charge in [-0.05, 0) is 43.7 Å². The van der Waals surface area contributed by atoms with E-state index in [1.807, 2.05) is 13.8 Å². The maximum atomic E-state index is 12.9. The molecule has 0 saturated carbocycles. The van der Waals surface area contributed by atoms with E-state index in [9.17, 15) is 4.39 Å². The Balaban J connectivity index is 2.69. The van der Waals surface area contributed by atoms with Crippen molar-refractivity contribution in [2.45, 2.75) is 13.8 Å². The standard InChI is InChI=1S/C13H12FN3/c1-8-9(2)17(13(16)12(8)7-15)11-5-3-10(14)4-6-11/h3-6H,16H2,1-2H3. The summed E-state index contributed by atoms with van der Waals surface area (Å²) in [5.74, 6) is 0.100. The molecule has 0 bridgehead atoms. The van der Waals surface area contributed by atoms with Crippen LogP contribution in [0.15, 0.2) is 24.3 Å². The average Bonchev–Trinajstić information content (AvgIpc) is 2.52. The van der Waals surface area contributed by atoms with E-state index in [2.05, 4.69) is 6.07 Å². The lowest BCUT2D eigenvalue weighted by Gasteiger charge is -2.08. The van der Waals surface area contributed by atoms with Crippen LogP contribution in [0.3, 0.4) is 0 Å². The van der Waals surface area contributed by atoms with Crippen LogP contribution >= 0.6 is 0 Å². The third-order valence-electron chi connectivity index (χ3n) is 2.95. The van der Waals surface area contributed by atoms with Gasteiger partial charge in [0.25, 0.3) is 0 Å². The number of anilines is 1. The number of benzene rings is 1. The van der Waals surface area contributed by atoms with Crippen LogP contribution in [0.2, 0.25) is 0 Å². The largest absolute Gasteiger partial charge is 0.384 e. The fourth-order valence-corrected chi connectivity index (χ4v) is 1.90. The Morgan fingerprint density at radius 1 is 1.24 bits per heavy atom. The monoisotopic (exact) mass is 229 g/mol. The molecule has 0 atom stereocenters. The van der Waals surface area contributed by atoms with Gasteiger partial charge in [-0.15, -0.1) is 0 Å². The second-order valence-corrected chi connectivity index (χ2v) is 3.89. The Morgan fingerprint density at radius 2 is 1.82 bits per heavy atom. The molecule has 0 aliphatic carbocycles. The minimum atomic E-state index is -0.297. The molecule has 2 rings (SSSR count). The van der Waals surface area contributed by atoms with E-state index in [-0.39, 0.29) is 5.82 Å². The zero-order chi connectivity index (χ0) is 12.6. The van der Waals surface area contributed by atoms with Gasteiger partial charge in [0, 0.05) is 11.4 Å². The third kappa shape index (κ3) is 1.66. The first-order valence-corrected chi connectivity index (χ1v) is 5.19. The molecule has 0 radical (unpaired) electrons. The summed E-state index contributed by atoms with van der Waals surface area (Å²) in [6, 6.07) is 8.10. The van der Waals surface area contributed by atoms with E-state index >= 15 is 0 Å². The summed E-state index contributed by atoms with van der Waals surface area (Å²) < 4.78 is 14.6. The molecule has 0 aliphatic heterocycles. The number of nitrogens with two attached hydrogens (primary N) is 1. The first kappa shape index (κ1) is 11.2. The maximum Gasteiger partial charge on any atom is 0.126 e. The molecule has 1 heterocycles. The van der Waals surface area contributed by atoms with Gasteiger partial charge in [0.15, 0.2) is 0 Å². The van der Waals surface area contributed by atoms with Crippen LogP contribution < -0.4 is 5.73 Å². The highest BCUT2D eigenvalue weighted by molar-refractivity contribution is 5.62. The lowest BCUT2D eigenvalue weighted by molar-refractivity contribution is 0.627. The molecule has 4 heteroatoms. The maximum absolute atomic E-state index is 12.9. The van der Waals surface area contributed by atoms with Crippen LogP contribution in [0.5, 0.6) is 0 Å². The van der Waals surface area contributed by atoms with Crippen LogP contribution in [0.4, 0.5) is 10.2 Å². The van der Waals surface area contributed by atoms with Crippen LogP contribution in [-0.2, 0) is 0 Å².